The van der Waals surface area contributed by atoms with Gasteiger partial charge in [-0.2, -0.15) is 5.26 Å². The molecule has 0 radical (unpaired) electrons. The summed E-state index contributed by atoms with van der Waals surface area (Å²) in [6.07, 6.45) is 0. The van der Waals surface area contributed by atoms with Gasteiger partial charge in [0, 0.05) is 24.8 Å². The molecule has 3 aromatic rings. The number of morpholine rings is 1. The molecule has 1 aromatic heterocycles. The van der Waals surface area contributed by atoms with Crippen molar-refractivity contribution in [3.05, 3.63) is 81.0 Å². The van der Waals surface area contributed by atoms with Crippen LogP contribution in [-0.2, 0) is 11.3 Å². The minimum absolute atomic E-state index is 0.0641. The van der Waals surface area contributed by atoms with Crippen LogP contribution in [0.25, 0.3) is 5.69 Å². The SMILES string of the molecule is Cc1cc(=O)n(-c2ccc(N3CCOCC3)c(Cl)c2)c(COc2cccc(C#N)c2)n1. The number of hydrogen-bond donors (Lipinski definition) is 0. The second-order valence-corrected chi connectivity index (χ2v) is 7.56. The molecule has 8 heteroatoms. The van der Waals surface area contributed by atoms with Gasteiger partial charge in [-0.15, -0.1) is 0 Å². The number of anilines is 1. The molecule has 2 heterocycles. The summed E-state index contributed by atoms with van der Waals surface area (Å²) in [5, 5.41) is 9.63. The Kier molecular flexibility index (Phi) is 6.21. The van der Waals surface area contributed by atoms with Gasteiger partial charge in [0.25, 0.3) is 5.56 Å². The summed E-state index contributed by atoms with van der Waals surface area (Å²) < 4.78 is 12.7. The highest BCUT2D eigenvalue weighted by Crippen LogP contribution is 2.29. The number of halogens is 1. The second-order valence-electron chi connectivity index (χ2n) is 7.15. The predicted octanol–water partition coefficient (Wildman–Crippen LogP) is 3.48. The number of hydrogen-bond acceptors (Lipinski definition) is 6. The van der Waals surface area contributed by atoms with Crippen molar-refractivity contribution >= 4 is 17.3 Å². The molecule has 0 atom stereocenters. The Morgan fingerprint density at radius 2 is 2.00 bits per heavy atom. The van der Waals surface area contributed by atoms with Gasteiger partial charge in [-0.05, 0) is 43.3 Å². The lowest BCUT2D eigenvalue weighted by atomic mass is 10.2. The molecule has 7 nitrogen and oxygen atoms in total. The molecule has 4 rings (SSSR count). The molecule has 2 aromatic carbocycles. The average molecular weight is 437 g/mol. The molecule has 0 N–H and O–H groups in total. The Morgan fingerprint density at radius 3 is 2.74 bits per heavy atom. The van der Waals surface area contributed by atoms with E-state index >= 15 is 0 Å². The van der Waals surface area contributed by atoms with E-state index in [1.807, 2.05) is 12.1 Å². The van der Waals surface area contributed by atoms with E-state index in [1.165, 1.54) is 10.6 Å². The average Bonchev–Trinajstić information content (AvgIpc) is 2.78. The first-order valence-electron chi connectivity index (χ1n) is 9.90. The van der Waals surface area contributed by atoms with Crippen LogP contribution in [0.5, 0.6) is 5.75 Å². The molecule has 31 heavy (non-hydrogen) atoms. The van der Waals surface area contributed by atoms with Crippen LogP contribution in [0.1, 0.15) is 17.1 Å². The third kappa shape index (κ3) is 4.71. The fourth-order valence-electron chi connectivity index (χ4n) is 3.53. The third-order valence-corrected chi connectivity index (χ3v) is 5.29. The quantitative estimate of drug-likeness (QED) is 0.609. The smallest absolute Gasteiger partial charge is 0.258 e. The lowest BCUT2D eigenvalue weighted by molar-refractivity contribution is 0.122. The van der Waals surface area contributed by atoms with Crippen molar-refractivity contribution in [1.29, 1.82) is 5.26 Å². The normalized spacial score (nSPS) is 13.6. The number of ether oxygens (including phenoxy) is 2. The first-order valence-corrected chi connectivity index (χ1v) is 10.3. The summed E-state index contributed by atoms with van der Waals surface area (Å²) in [6.45, 7) is 4.69. The summed E-state index contributed by atoms with van der Waals surface area (Å²) >= 11 is 6.57. The van der Waals surface area contributed by atoms with Crippen LogP contribution in [0.3, 0.4) is 0 Å². The highest BCUT2D eigenvalue weighted by Gasteiger charge is 2.17. The van der Waals surface area contributed by atoms with E-state index in [-0.39, 0.29) is 12.2 Å². The first-order chi connectivity index (χ1) is 15.0. The molecule has 0 unspecified atom stereocenters. The van der Waals surface area contributed by atoms with Crippen molar-refractivity contribution in [2.75, 3.05) is 31.2 Å². The highest BCUT2D eigenvalue weighted by molar-refractivity contribution is 6.33. The number of rotatable bonds is 5. The summed E-state index contributed by atoms with van der Waals surface area (Å²) in [6, 6.07) is 15.9. The Labute approximate surface area is 185 Å². The van der Waals surface area contributed by atoms with E-state index < -0.39 is 0 Å². The van der Waals surface area contributed by atoms with Crippen LogP contribution >= 0.6 is 11.6 Å². The van der Waals surface area contributed by atoms with Crippen molar-refractivity contribution in [2.45, 2.75) is 13.5 Å². The fourth-order valence-corrected chi connectivity index (χ4v) is 3.82. The van der Waals surface area contributed by atoms with Crippen LogP contribution in [0.4, 0.5) is 5.69 Å². The van der Waals surface area contributed by atoms with Gasteiger partial charge >= 0.3 is 0 Å². The van der Waals surface area contributed by atoms with Crippen molar-refractivity contribution in [3.8, 4) is 17.5 Å². The van der Waals surface area contributed by atoms with Gasteiger partial charge in [-0.3, -0.25) is 9.36 Å². The maximum Gasteiger partial charge on any atom is 0.258 e. The minimum atomic E-state index is -0.216. The molecule has 1 saturated heterocycles. The summed E-state index contributed by atoms with van der Waals surface area (Å²) in [7, 11) is 0. The van der Waals surface area contributed by atoms with Crippen LogP contribution in [0.15, 0.2) is 53.3 Å². The molecule has 0 bridgehead atoms. The fraction of sp³-hybridized carbons (Fsp3) is 0.261. The van der Waals surface area contributed by atoms with Gasteiger partial charge in [0.2, 0.25) is 0 Å². The van der Waals surface area contributed by atoms with Crippen molar-refractivity contribution in [1.82, 2.24) is 9.55 Å². The van der Waals surface area contributed by atoms with Crippen LogP contribution in [0, 0.1) is 18.3 Å². The number of aryl methyl sites for hydroxylation is 1. The Balaban J connectivity index is 1.65. The zero-order valence-electron chi connectivity index (χ0n) is 17.0. The molecule has 158 valence electrons. The topological polar surface area (TPSA) is 80.4 Å². The number of nitriles is 1. The lowest BCUT2D eigenvalue weighted by Gasteiger charge is -2.29. The van der Waals surface area contributed by atoms with Crippen molar-refractivity contribution in [3.63, 3.8) is 0 Å². The summed E-state index contributed by atoms with van der Waals surface area (Å²) in [5.41, 5.74) is 2.41. The maximum absolute atomic E-state index is 12.8. The monoisotopic (exact) mass is 436 g/mol. The largest absolute Gasteiger partial charge is 0.486 e. The van der Waals surface area contributed by atoms with E-state index in [1.54, 1.807) is 37.3 Å². The molecular weight excluding hydrogens is 416 g/mol. The molecule has 0 saturated carbocycles. The Bertz CT molecular complexity index is 1200. The van der Waals surface area contributed by atoms with Crippen LogP contribution in [0.2, 0.25) is 5.02 Å². The second kappa shape index (κ2) is 9.21. The third-order valence-electron chi connectivity index (χ3n) is 4.99. The zero-order valence-corrected chi connectivity index (χ0v) is 17.8. The molecule has 1 aliphatic rings. The predicted molar refractivity (Wildman–Crippen MR) is 118 cm³/mol. The van der Waals surface area contributed by atoms with Gasteiger partial charge in [0.05, 0.1) is 41.2 Å². The molecule has 1 fully saturated rings. The van der Waals surface area contributed by atoms with Crippen molar-refractivity contribution < 1.29 is 9.47 Å². The Morgan fingerprint density at radius 1 is 1.19 bits per heavy atom. The standard InChI is InChI=1S/C23H21ClN4O3/c1-16-11-23(29)28(22(26-16)15-31-19-4-2-3-17(12-19)14-25)18-5-6-21(20(24)13-18)27-7-9-30-10-8-27/h2-6,11-13H,7-10,15H2,1H3. The molecule has 0 aliphatic carbocycles. The van der Waals surface area contributed by atoms with E-state index in [0.29, 0.717) is 46.8 Å². The van der Waals surface area contributed by atoms with Gasteiger partial charge in [0.15, 0.2) is 5.82 Å². The zero-order chi connectivity index (χ0) is 21.8. The number of aromatic nitrogens is 2. The summed E-state index contributed by atoms with van der Waals surface area (Å²) in [4.78, 5) is 19.5. The number of nitrogens with zero attached hydrogens (tertiary/aromatic N) is 4. The highest BCUT2D eigenvalue weighted by atomic mass is 35.5. The summed E-state index contributed by atoms with van der Waals surface area (Å²) in [5.74, 6) is 0.976. The van der Waals surface area contributed by atoms with Crippen LogP contribution in [-0.4, -0.2) is 35.9 Å². The Hall–Kier alpha value is -3.34. The molecule has 1 aliphatic heterocycles. The molecule has 0 amide bonds. The van der Waals surface area contributed by atoms with E-state index in [4.69, 9.17) is 26.3 Å². The minimum Gasteiger partial charge on any atom is -0.486 e. The van der Waals surface area contributed by atoms with Gasteiger partial charge in [0.1, 0.15) is 12.4 Å². The molecular formula is C23H21ClN4O3. The van der Waals surface area contributed by atoms with Gasteiger partial charge in [-0.1, -0.05) is 17.7 Å². The number of benzene rings is 2. The van der Waals surface area contributed by atoms with Gasteiger partial charge in [-0.25, -0.2) is 4.98 Å². The maximum atomic E-state index is 12.8. The van der Waals surface area contributed by atoms with Crippen LogP contribution < -0.4 is 15.2 Å². The lowest BCUT2D eigenvalue weighted by Crippen LogP contribution is -2.36. The van der Waals surface area contributed by atoms with E-state index in [9.17, 15) is 4.79 Å². The van der Waals surface area contributed by atoms with E-state index in [2.05, 4.69) is 16.0 Å². The van der Waals surface area contributed by atoms with Crippen molar-refractivity contribution in [2.24, 2.45) is 0 Å². The van der Waals surface area contributed by atoms with E-state index in [0.717, 1.165) is 18.8 Å². The first kappa shape index (κ1) is 20.9. The molecule has 0 spiro atoms. The van der Waals surface area contributed by atoms with Gasteiger partial charge < -0.3 is 14.4 Å².